The van der Waals surface area contributed by atoms with Crippen molar-refractivity contribution in [2.24, 2.45) is 0 Å². The quantitative estimate of drug-likeness (QED) is 0.270. The highest BCUT2D eigenvalue weighted by Crippen LogP contribution is 2.28. The van der Waals surface area contributed by atoms with Crippen molar-refractivity contribution >= 4 is 39.7 Å². The van der Waals surface area contributed by atoms with Crippen LogP contribution < -0.4 is 5.32 Å². The molecule has 1 amide bonds. The molecule has 0 saturated carbocycles. The zero-order chi connectivity index (χ0) is 22.3. The van der Waals surface area contributed by atoms with Gasteiger partial charge in [-0.2, -0.15) is 0 Å². The molecule has 0 bridgehead atoms. The first-order valence-electron chi connectivity index (χ1n) is 11.2. The Morgan fingerprint density at radius 2 is 1.97 bits per heavy atom. The molecule has 0 fully saturated rings. The molecular formula is C25H29N5OS. The zero-order valence-corrected chi connectivity index (χ0v) is 19.5. The van der Waals surface area contributed by atoms with Gasteiger partial charge < -0.3 is 9.88 Å². The highest BCUT2D eigenvalue weighted by molar-refractivity contribution is 7.99. The van der Waals surface area contributed by atoms with Crippen molar-refractivity contribution in [2.45, 2.75) is 51.2 Å². The molecular weight excluding hydrogens is 418 g/mol. The average molecular weight is 448 g/mol. The Balaban J connectivity index is 1.51. The van der Waals surface area contributed by atoms with Crippen molar-refractivity contribution in [1.29, 1.82) is 0 Å². The summed E-state index contributed by atoms with van der Waals surface area (Å²) in [5, 5.41) is 13.6. The van der Waals surface area contributed by atoms with Gasteiger partial charge in [0.2, 0.25) is 11.1 Å². The number of benzene rings is 2. The molecule has 6 nitrogen and oxygen atoms in total. The predicted molar refractivity (Wildman–Crippen MR) is 131 cm³/mol. The van der Waals surface area contributed by atoms with E-state index in [-0.39, 0.29) is 5.91 Å². The fraction of sp³-hybridized carbons (Fsp3) is 0.360. The van der Waals surface area contributed by atoms with E-state index in [4.69, 9.17) is 4.98 Å². The van der Waals surface area contributed by atoms with Crippen LogP contribution in [0.5, 0.6) is 0 Å². The summed E-state index contributed by atoms with van der Waals surface area (Å²) < 4.78 is 2.22. The number of fused-ring (bicyclic) bond motifs is 3. The van der Waals surface area contributed by atoms with Crippen LogP contribution in [0.2, 0.25) is 0 Å². The number of hydrogen-bond donors (Lipinski definition) is 1. The van der Waals surface area contributed by atoms with E-state index in [0.29, 0.717) is 11.6 Å². The topological polar surface area (TPSA) is 72.7 Å². The van der Waals surface area contributed by atoms with Crippen LogP contribution in [0.1, 0.15) is 43.7 Å². The minimum absolute atomic E-state index is 0.117. The number of carbonyl (C=O) groups is 1. The molecule has 4 rings (SSSR count). The first kappa shape index (κ1) is 22.3. The second-order valence-electron chi connectivity index (χ2n) is 8.01. The molecule has 0 radical (unpaired) electrons. The highest BCUT2D eigenvalue weighted by Gasteiger charge is 2.15. The molecule has 0 spiro atoms. The van der Waals surface area contributed by atoms with E-state index >= 15 is 0 Å². The highest BCUT2D eigenvalue weighted by atomic mass is 32.2. The summed E-state index contributed by atoms with van der Waals surface area (Å²) in [5.41, 5.74) is 5.26. The van der Waals surface area contributed by atoms with E-state index in [1.807, 2.05) is 12.1 Å². The van der Waals surface area contributed by atoms with Crippen LogP contribution in [-0.2, 0) is 11.3 Å². The normalized spacial score (nSPS) is 11.3. The van der Waals surface area contributed by atoms with Gasteiger partial charge in [0.15, 0.2) is 5.65 Å². The van der Waals surface area contributed by atoms with Crippen LogP contribution >= 0.6 is 11.8 Å². The van der Waals surface area contributed by atoms with Crippen molar-refractivity contribution in [3.8, 4) is 0 Å². The van der Waals surface area contributed by atoms with E-state index in [1.165, 1.54) is 11.1 Å². The summed E-state index contributed by atoms with van der Waals surface area (Å²) in [6, 6.07) is 16.8. The molecule has 2 aromatic carbocycles. The van der Waals surface area contributed by atoms with Gasteiger partial charge in [-0.25, -0.2) is 4.98 Å². The molecule has 0 saturated heterocycles. The zero-order valence-electron chi connectivity index (χ0n) is 18.7. The third-order valence-electron chi connectivity index (χ3n) is 5.41. The number of amides is 1. The molecule has 2 heterocycles. The average Bonchev–Trinajstić information content (AvgIpc) is 3.10. The van der Waals surface area contributed by atoms with Crippen molar-refractivity contribution in [3.05, 3.63) is 59.7 Å². The van der Waals surface area contributed by atoms with Crippen LogP contribution in [0.25, 0.3) is 22.1 Å². The molecule has 4 aromatic rings. The molecule has 32 heavy (non-hydrogen) atoms. The molecule has 166 valence electrons. The second kappa shape index (κ2) is 10.6. The van der Waals surface area contributed by atoms with Crippen LogP contribution in [0.3, 0.4) is 0 Å². The van der Waals surface area contributed by atoms with Gasteiger partial charge in [-0.05, 0) is 31.4 Å². The predicted octanol–water partition coefficient (Wildman–Crippen LogP) is 5.12. The van der Waals surface area contributed by atoms with Crippen molar-refractivity contribution in [3.63, 3.8) is 0 Å². The first-order valence-corrected chi connectivity index (χ1v) is 12.2. The Bertz CT molecular complexity index is 1220. The summed E-state index contributed by atoms with van der Waals surface area (Å²) >= 11 is 1.55. The van der Waals surface area contributed by atoms with Gasteiger partial charge in [-0.1, -0.05) is 73.1 Å². The number of nitrogens with one attached hydrogen (secondary N) is 1. The van der Waals surface area contributed by atoms with Crippen LogP contribution in [0.15, 0.2) is 53.7 Å². The minimum Gasteiger partial charge on any atom is -0.356 e. The Labute approximate surface area is 192 Å². The monoisotopic (exact) mass is 447 g/mol. The van der Waals surface area contributed by atoms with Gasteiger partial charge in [0.25, 0.3) is 0 Å². The Morgan fingerprint density at radius 1 is 1.09 bits per heavy atom. The van der Waals surface area contributed by atoms with Crippen LogP contribution in [0.4, 0.5) is 0 Å². The first-order chi connectivity index (χ1) is 15.7. The van der Waals surface area contributed by atoms with Crippen molar-refractivity contribution in [1.82, 2.24) is 25.1 Å². The summed E-state index contributed by atoms with van der Waals surface area (Å²) in [6.07, 6.45) is 3.43. The minimum atomic E-state index is 0.117. The lowest BCUT2D eigenvalue weighted by Gasteiger charge is -2.08. The lowest BCUT2D eigenvalue weighted by atomic mass is 10.1. The lowest BCUT2D eigenvalue weighted by Crippen LogP contribution is -2.24. The van der Waals surface area contributed by atoms with Gasteiger partial charge in [0.1, 0.15) is 5.52 Å². The number of hydrogen-bond acceptors (Lipinski definition) is 5. The number of carbonyl (C=O) groups excluding carboxylic acids is 1. The van der Waals surface area contributed by atoms with Crippen molar-refractivity contribution < 1.29 is 4.79 Å². The van der Waals surface area contributed by atoms with E-state index in [9.17, 15) is 4.79 Å². The molecule has 0 aliphatic heterocycles. The molecule has 0 unspecified atom stereocenters. The summed E-state index contributed by atoms with van der Waals surface area (Å²) in [5.74, 6) is 0.902. The fourth-order valence-corrected chi connectivity index (χ4v) is 4.51. The van der Waals surface area contributed by atoms with E-state index in [2.05, 4.69) is 70.3 Å². The van der Waals surface area contributed by atoms with Gasteiger partial charge in [0.05, 0.1) is 5.52 Å². The summed E-state index contributed by atoms with van der Waals surface area (Å²) in [6.45, 7) is 5.72. The molecule has 7 heteroatoms. The molecule has 2 aromatic heterocycles. The van der Waals surface area contributed by atoms with Gasteiger partial charge in [0, 0.05) is 30.6 Å². The Hall–Kier alpha value is -2.93. The molecule has 0 atom stereocenters. The van der Waals surface area contributed by atoms with Crippen LogP contribution in [-0.4, -0.2) is 38.0 Å². The molecule has 0 aliphatic rings. The van der Waals surface area contributed by atoms with Gasteiger partial charge in [-0.15, -0.1) is 10.2 Å². The Kier molecular flexibility index (Phi) is 7.37. The van der Waals surface area contributed by atoms with Crippen LogP contribution in [0, 0.1) is 6.92 Å². The van der Waals surface area contributed by atoms with E-state index in [1.54, 1.807) is 11.8 Å². The fourth-order valence-electron chi connectivity index (χ4n) is 3.79. The maximum absolute atomic E-state index is 11.9. The molecule has 0 aliphatic carbocycles. The Morgan fingerprint density at radius 3 is 2.81 bits per heavy atom. The third-order valence-corrected chi connectivity index (χ3v) is 6.33. The second-order valence-corrected chi connectivity index (χ2v) is 9.08. The largest absolute Gasteiger partial charge is 0.356 e. The summed E-state index contributed by atoms with van der Waals surface area (Å²) in [7, 11) is 0. The number of aryl methyl sites for hydroxylation is 1. The number of thioether (sulfide) groups is 1. The van der Waals surface area contributed by atoms with Crippen molar-refractivity contribution in [2.75, 3.05) is 12.3 Å². The van der Waals surface area contributed by atoms with Gasteiger partial charge in [-0.3, -0.25) is 4.79 Å². The van der Waals surface area contributed by atoms with E-state index in [0.717, 1.165) is 60.2 Å². The number of rotatable bonds is 10. The molecule has 1 N–H and O–H groups in total. The van der Waals surface area contributed by atoms with Gasteiger partial charge >= 0.3 is 0 Å². The maximum atomic E-state index is 11.9. The number of aromatic nitrogens is 4. The third kappa shape index (κ3) is 5.27. The summed E-state index contributed by atoms with van der Waals surface area (Å²) in [4.78, 5) is 16.7. The maximum Gasteiger partial charge on any atom is 0.220 e. The standard InChI is InChI=1S/C25H29N5OS/c1-3-4-14-26-22(31)13-8-15-32-25-27-24-23(28-29-25)20-11-5-6-12-21(20)30(24)17-19-10-7-9-18(2)16-19/h5-7,9-12,16H,3-4,8,13-15,17H2,1-2H3,(H,26,31). The number of unbranched alkanes of at least 4 members (excludes halogenated alkanes) is 1. The number of nitrogens with zero attached hydrogens (tertiary/aromatic N) is 4. The lowest BCUT2D eigenvalue weighted by molar-refractivity contribution is -0.121. The van der Waals surface area contributed by atoms with E-state index < -0.39 is 0 Å². The SMILES string of the molecule is CCCCNC(=O)CCCSc1nnc2c3ccccc3n(Cc3cccc(C)c3)c2n1. The smallest absolute Gasteiger partial charge is 0.220 e. The number of para-hydroxylation sites is 1.